The zero-order valence-electron chi connectivity index (χ0n) is 20.1. The van der Waals surface area contributed by atoms with Gasteiger partial charge in [0.05, 0.1) is 0 Å². The zero-order chi connectivity index (χ0) is 21.0. The van der Waals surface area contributed by atoms with Crippen molar-refractivity contribution >= 4 is 5.78 Å². The summed E-state index contributed by atoms with van der Waals surface area (Å²) >= 11 is 0. The van der Waals surface area contributed by atoms with E-state index in [1.54, 1.807) is 0 Å². The van der Waals surface area contributed by atoms with Crippen LogP contribution in [0.2, 0.25) is 0 Å². The molecule has 0 aromatic heterocycles. The van der Waals surface area contributed by atoms with E-state index in [9.17, 15) is 4.79 Å². The summed E-state index contributed by atoms with van der Waals surface area (Å²) in [7, 11) is 0. The molecule has 0 unspecified atom stereocenters. The van der Waals surface area contributed by atoms with E-state index in [1.807, 2.05) is 0 Å². The average molecular weight is 399 g/mol. The number of Topliss-reactive ketones (excluding diaryl/α,β-unsaturated/α-hetero) is 1. The van der Waals surface area contributed by atoms with E-state index >= 15 is 0 Å². The van der Waals surface area contributed by atoms with Gasteiger partial charge in [-0.15, -0.1) is 0 Å². The van der Waals surface area contributed by atoms with Gasteiger partial charge in [-0.2, -0.15) is 0 Å². The summed E-state index contributed by atoms with van der Waals surface area (Å²) in [5.41, 5.74) is 2.41. The van der Waals surface area contributed by atoms with Crippen LogP contribution in [0.5, 0.6) is 0 Å². The topological polar surface area (TPSA) is 17.1 Å². The number of hydrogen-bond donors (Lipinski definition) is 0. The third-order valence-corrected chi connectivity index (χ3v) is 10.9. The number of rotatable bonds is 5. The van der Waals surface area contributed by atoms with Crippen LogP contribution in [0.4, 0.5) is 0 Å². The predicted molar refractivity (Wildman–Crippen MR) is 123 cm³/mol. The van der Waals surface area contributed by atoms with Gasteiger partial charge in [0.25, 0.3) is 0 Å². The van der Waals surface area contributed by atoms with Gasteiger partial charge in [0.2, 0.25) is 0 Å². The summed E-state index contributed by atoms with van der Waals surface area (Å²) in [6.45, 7) is 15.0. The normalized spacial score (nSPS) is 44.0. The highest BCUT2D eigenvalue weighted by Gasteiger charge is 2.59. The van der Waals surface area contributed by atoms with Gasteiger partial charge in [0.15, 0.2) is 0 Å². The maximum Gasteiger partial charge on any atom is 0.136 e. The minimum absolute atomic E-state index is 0.328. The molecule has 4 rings (SSSR count). The first-order chi connectivity index (χ1) is 13.7. The highest BCUT2D eigenvalue weighted by atomic mass is 16.1. The fraction of sp³-hybridized carbons (Fsp3) is 0.893. The predicted octanol–water partition coefficient (Wildman–Crippen LogP) is 7.84. The SMILES string of the molecule is CC(C)[C@H](C)CC[C@@H](C)[C@H]1CC[C@H]2[C@@H]3CC=C4CC(=O)CC[C@]4(C)[C@H]3CC[C@]12C. The smallest absolute Gasteiger partial charge is 0.136 e. The van der Waals surface area contributed by atoms with E-state index in [0.29, 0.717) is 16.6 Å². The fourth-order valence-corrected chi connectivity index (χ4v) is 8.51. The Morgan fingerprint density at radius 2 is 1.76 bits per heavy atom. The molecule has 164 valence electrons. The van der Waals surface area contributed by atoms with E-state index in [2.05, 4.69) is 47.6 Å². The molecule has 0 aliphatic heterocycles. The van der Waals surface area contributed by atoms with Crippen molar-refractivity contribution in [1.82, 2.24) is 0 Å². The Balaban J connectivity index is 1.49. The van der Waals surface area contributed by atoms with Crippen LogP contribution in [0.1, 0.15) is 106 Å². The van der Waals surface area contributed by atoms with Crippen LogP contribution in [-0.2, 0) is 4.79 Å². The van der Waals surface area contributed by atoms with Crippen LogP contribution in [0.25, 0.3) is 0 Å². The second-order valence-electron chi connectivity index (χ2n) is 12.5. The monoisotopic (exact) mass is 398 g/mol. The van der Waals surface area contributed by atoms with Crippen molar-refractivity contribution in [3.8, 4) is 0 Å². The Labute approximate surface area is 180 Å². The first-order valence-electron chi connectivity index (χ1n) is 12.9. The van der Waals surface area contributed by atoms with E-state index in [-0.39, 0.29) is 0 Å². The molecule has 1 nitrogen and oxygen atoms in total. The summed E-state index contributed by atoms with van der Waals surface area (Å²) in [6, 6.07) is 0. The van der Waals surface area contributed by atoms with Crippen LogP contribution in [0.15, 0.2) is 11.6 Å². The van der Waals surface area contributed by atoms with Crippen molar-refractivity contribution in [1.29, 1.82) is 0 Å². The molecule has 8 atom stereocenters. The van der Waals surface area contributed by atoms with Crippen molar-refractivity contribution in [3.05, 3.63) is 11.6 Å². The summed E-state index contributed by atoms with van der Waals surface area (Å²) in [5, 5.41) is 0. The fourth-order valence-electron chi connectivity index (χ4n) is 8.51. The van der Waals surface area contributed by atoms with E-state index in [1.165, 1.54) is 50.5 Å². The van der Waals surface area contributed by atoms with Gasteiger partial charge >= 0.3 is 0 Å². The highest BCUT2D eigenvalue weighted by molar-refractivity contribution is 5.82. The van der Waals surface area contributed by atoms with Crippen molar-refractivity contribution in [2.45, 2.75) is 106 Å². The van der Waals surface area contributed by atoms with Gasteiger partial charge in [-0.25, -0.2) is 0 Å². The molecule has 0 amide bonds. The Morgan fingerprint density at radius 3 is 2.48 bits per heavy atom. The third kappa shape index (κ3) is 3.57. The number of carbonyl (C=O) groups excluding carboxylic acids is 1. The van der Waals surface area contributed by atoms with Crippen molar-refractivity contribution < 1.29 is 4.79 Å². The summed E-state index contributed by atoms with van der Waals surface area (Å²) in [4.78, 5) is 12.1. The standard InChI is InChI=1S/C28H46O/c1-18(2)19(3)7-8-20(4)24-11-12-25-23-10-9-21-17-22(29)13-15-27(21,5)26(23)14-16-28(24,25)6/h9,18-20,23-26H,7-8,10-17H2,1-6H3/t19-,20-,23+,24-,25+,26+,27+,28-/m1/s1. The van der Waals surface area contributed by atoms with Gasteiger partial charge in [-0.05, 0) is 90.8 Å². The van der Waals surface area contributed by atoms with Gasteiger partial charge in [0.1, 0.15) is 5.78 Å². The molecule has 3 fully saturated rings. The molecule has 0 spiro atoms. The van der Waals surface area contributed by atoms with E-state index in [0.717, 1.165) is 60.7 Å². The minimum Gasteiger partial charge on any atom is -0.299 e. The van der Waals surface area contributed by atoms with Crippen molar-refractivity contribution in [3.63, 3.8) is 0 Å². The lowest BCUT2D eigenvalue weighted by atomic mass is 9.47. The van der Waals surface area contributed by atoms with Crippen LogP contribution < -0.4 is 0 Å². The van der Waals surface area contributed by atoms with Crippen LogP contribution >= 0.6 is 0 Å². The summed E-state index contributed by atoms with van der Waals surface area (Å²) < 4.78 is 0. The Hall–Kier alpha value is -0.590. The molecule has 4 aliphatic carbocycles. The molecule has 29 heavy (non-hydrogen) atoms. The zero-order valence-corrected chi connectivity index (χ0v) is 20.1. The quantitative estimate of drug-likeness (QED) is 0.431. The molecule has 0 aromatic carbocycles. The summed E-state index contributed by atoms with van der Waals surface area (Å²) in [6.07, 6.45) is 15.1. The number of allylic oxidation sites excluding steroid dienone is 2. The Morgan fingerprint density at radius 1 is 1.00 bits per heavy atom. The number of carbonyl (C=O) groups is 1. The van der Waals surface area contributed by atoms with Gasteiger partial charge < -0.3 is 0 Å². The van der Waals surface area contributed by atoms with Crippen LogP contribution in [-0.4, -0.2) is 5.78 Å². The molecule has 1 heteroatoms. The van der Waals surface area contributed by atoms with E-state index < -0.39 is 0 Å². The second-order valence-corrected chi connectivity index (χ2v) is 12.5. The largest absolute Gasteiger partial charge is 0.299 e. The highest BCUT2D eigenvalue weighted by Crippen LogP contribution is 2.67. The Bertz CT molecular complexity index is 659. The molecule has 4 aliphatic rings. The van der Waals surface area contributed by atoms with Crippen molar-refractivity contribution in [2.75, 3.05) is 0 Å². The first-order valence-corrected chi connectivity index (χ1v) is 12.9. The molecule has 0 heterocycles. The molecule has 0 radical (unpaired) electrons. The number of ketones is 1. The van der Waals surface area contributed by atoms with Crippen LogP contribution in [0, 0.1) is 52.3 Å². The lowest BCUT2D eigenvalue weighted by Gasteiger charge is -2.58. The maximum atomic E-state index is 12.1. The molecule has 0 N–H and O–H groups in total. The van der Waals surface area contributed by atoms with Gasteiger partial charge in [-0.1, -0.05) is 66.0 Å². The van der Waals surface area contributed by atoms with Gasteiger partial charge in [0, 0.05) is 12.8 Å². The number of hydrogen-bond acceptors (Lipinski definition) is 1. The lowest BCUT2D eigenvalue weighted by molar-refractivity contribution is -0.122. The second kappa shape index (κ2) is 7.83. The van der Waals surface area contributed by atoms with Crippen LogP contribution in [0.3, 0.4) is 0 Å². The molecular weight excluding hydrogens is 352 g/mol. The maximum absolute atomic E-state index is 12.1. The molecule has 0 saturated heterocycles. The van der Waals surface area contributed by atoms with Crippen molar-refractivity contribution in [2.24, 2.45) is 52.3 Å². The minimum atomic E-state index is 0.328. The van der Waals surface area contributed by atoms with Gasteiger partial charge in [-0.3, -0.25) is 4.79 Å². The molecular formula is C28H46O. The molecule has 3 saturated carbocycles. The number of fused-ring (bicyclic) bond motifs is 5. The summed E-state index contributed by atoms with van der Waals surface area (Å²) in [5.74, 6) is 6.59. The molecule has 0 aromatic rings. The third-order valence-electron chi connectivity index (χ3n) is 10.9. The first kappa shape index (κ1) is 21.6. The van der Waals surface area contributed by atoms with E-state index in [4.69, 9.17) is 0 Å². The Kier molecular flexibility index (Phi) is 5.84. The lowest BCUT2D eigenvalue weighted by Crippen LogP contribution is -2.50. The molecule has 0 bridgehead atoms. The average Bonchev–Trinajstić information content (AvgIpc) is 3.03.